The molecule has 0 aromatic rings. The van der Waals surface area contributed by atoms with E-state index in [1.54, 1.807) is 0 Å². The molecule has 0 spiro atoms. The number of rotatable bonds is 8. The number of nitrogens with one attached hydrogen (secondary N) is 3. The van der Waals surface area contributed by atoms with Crippen molar-refractivity contribution in [1.29, 1.82) is 0 Å². The Balaban J connectivity index is 4.00. The van der Waals surface area contributed by atoms with Crippen LogP contribution in [0.25, 0.3) is 0 Å². The average molecular weight is 315 g/mol. The summed E-state index contributed by atoms with van der Waals surface area (Å²) in [6.45, 7) is 14.2. The lowest BCUT2D eigenvalue weighted by molar-refractivity contribution is 0.0529. The van der Waals surface area contributed by atoms with E-state index in [-0.39, 0.29) is 0 Å². The summed E-state index contributed by atoms with van der Waals surface area (Å²) in [6, 6.07) is 0. The van der Waals surface area contributed by atoms with Gasteiger partial charge in [-0.15, -0.1) is 0 Å². The molecule has 0 atom stereocenters. The third-order valence-electron chi connectivity index (χ3n) is 2.72. The van der Waals surface area contributed by atoms with Crippen LogP contribution >= 0.6 is 0 Å². The monoisotopic (exact) mass is 315 g/mol. The maximum atomic E-state index is 11.5. The highest BCUT2D eigenvalue weighted by molar-refractivity contribution is 5.79. The smallest absolute Gasteiger partial charge is 0.407 e. The summed E-state index contributed by atoms with van der Waals surface area (Å²) in [5.41, 5.74) is -0.473. The second-order valence-electron chi connectivity index (χ2n) is 6.01. The Morgan fingerprint density at radius 1 is 1.14 bits per heavy atom. The number of likely N-dealkylation sites (N-methyl/N-ethyl adjacent to an activating group) is 1. The van der Waals surface area contributed by atoms with Crippen LogP contribution < -0.4 is 16.0 Å². The topological polar surface area (TPSA) is 78.0 Å². The molecule has 0 fully saturated rings. The molecular weight excluding hydrogens is 282 g/mol. The fourth-order valence-corrected chi connectivity index (χ4v) is 1.49. The Hall–Kier alpha value is -1.50. The van der Waals surface area contributed by atoms with Gasteiger partial charge in [-0.05, 0) is 41.3 Å². The number of hydrogen-bond donors (Lipinski definition) is 3. The summed E-state index contributed by atoms with van der Waals surface area (Å²) >= 11 is 0. The van der Waals surface area contributed by atoms with E-state index in [4.69, 9.17) is 4.74 Å². The van der Waals surface area contributed by atoms with E-state index >= 15 is 0 Å². The average Bonchev–Trinajstić information content (AvgIpc) is 2.41. The molecule has 7 heteroatoms. The number of aliphatic imine (C=N–C) groups is 1. The largest absolute Gasteiger partial charge is 0.444 e. The lowest BCUT2D eigenvalue weighted by atomic mass is 10.2. The fraction of sp³-hybridized carbons (Fsp3) is 0.867. The highest BCUT2D eigenvalue weighted by atomic mass is 16.6. The highest BCUT2D eigenvalue weighted by Gasteiger charge is 2.15. The Kier molecular flexibility index (Phi) is 10.4. The van der Waals surface area contributed by atoms with Gasteiger partial charge in [-0.3, -0.25) is 4.99 Å². The number of ether oxygens (including phenoxy) is 1. The van der Waals surface area contributed by atoms with E-state index in [1.807, 2.05) is 27.7 Å². The number of guanidine groups is 1. The van der Waals surface area contributed by atoms with Gasteiger partial charge in [-0.2, -0.15) is 0 Å². The van der Waals surface area contributed by atoms with Crippen LogP contribution in [0, 0.1) is 0 Å². The van der Waals surface area contributed by atoms with Gasteiger partial charge in [-0.1, -0.05) is 6.92 Å². The summed E-state index contributed by atoms with van der Waals surface area (Å²) < 4.78 is 5.17. The molecule has 0 bridgehead atoms. The van der Waals surface area contributed by atoms with E-state index in [1.165, 1.54) is 0 Å². The Bertz CT molecular complexity index is 339. The van der Waals surface area contributed by atoms with Crippen molar-refractivity contribution in [1.82, 2.24) is 20.9 Å². The third-order valence-corrected chi connectivity index (χ3v) is 2.72. The summed E-state index contributed by atoms with van der Waals surface area (Å²) in [5, 5.41) is 9.06. The number of carbonyl (C=O) groups excluding carboxylic acids is 1. The Labute approximate surface area is 134 Å². The molecule has 0 heterocycles. The number of carbonyl (C=O) groups is 1. The highest BCUT2D eigenvalue weighted by Crippen LogP contribution is 2.05. The Morgan fingerprint density at radius 3 is 2.32 bits per heavy atom. The van der Waals surface area contributed by atoms with Gasteiger partial charge in [-0.25, -0.2) is 4.79 Å². The molecule has 0 aliphatic rings. The first-order valence-corrected chi connectivity index (χ1v) is 7.96. The van der Waals surface area contributed by atoms with Gasteiger partial charge in [0.1, 0.15) is 5.60 Å². The van der Waals surface area contributed by atoms with Crippen LogP contribution in [0.15, 0.2) is 4.99 Å². The van der Waals surface area contributed by atoms with Crippen molar-refractivity contribution in [3.05, 3.63) is 0 Å². The molecule has 3 N–H and O–H groups in total. The molecule has 1 amide bonds. The maximum absolute atomic E-state index is 11.5. The summed E-state index contributed by atoms with van der Waals surface area (Å²) in [5.74, 6) is 0.762. The van der Waals surface area contributed by atoms with Crippen LogP contribution in [0.5, 0.6) is 0 Å². The molecule has 0 aliphatic carbocycles. The van der Waals surface area contributed by atoms with Gasteiger partial charge in [0.25, 0.3) is 0 Å². The predicted molar refractivity (Wildman–Crippen MR) is 91.4 cm³/mol. The molecule has 0 saturated heterocycles. The van der Waals surface area contributed by atoms with Crippen molar-refractivity contribution in [3.8, 4) is 0 Å². The fourth-order valence-electron chi connectivity index (χ4n) is 1.49. The van der Waals surface area contributed by atoms with E-state index in [2.05, 4.69) is 39.8 Å². The van der Waals surface area contributed by atoms with E-state index < -0.39 is 11.7 Å². The standard InChI is InChI=1S/C15H33N5O2/c1-7-16-13(18-11-12-20(6)8-2)17-9-10-19-14(21)22-15(3,4)5/h7-12H2,1-6H3,(H,19,21)(H2,16,17,18). The maximum Gasteiger partial charge on any atom is 0.407 e. The quantitative estimate of drug-likeness (QED) is 0.354. The van der Waals surface area contributed by atoms with Crippen molar-refractivity contribution in [2.75, 3.05) is 46.3 Å². The predicted octanol–water partition coefficient (Wildman–Crippen LogP) is 1.02. The lowest BCUT2D eigenvalue weighted by Gasteiger charge is -2.20. The van der Waals surface area contributed by atoms with Crippen molar-refractivity contribution in [3.63, 3.8) is 0 Å². The zero-order valence-electron chi connectivity index (χ0n) is 15.0. The minimum absolute atomic E-state index is 0.402. The zero-order chi connectivity index (χ0) is 17.0. The minimum atomic E-state index is -0.473. The van der Waals surface area contributed by atoms with Crippen LogP contribution in [0.1, 0.15) is 34.6 Å². The van der Waals surface area contributed by atoms with Gasteiger partial charge in [0.05, 0.1) is 6.54 Å². The third kappa shape index (κ3) is 12.3. The summed E-state index contributed by atoms with van der Waals surface area (Å²) in [7, 11) is 2.07. The normalized spacial score (nSPS) is 12.2. The summed E-state index contributed by atoms with van der Waals surface area (Å²) in [6.07, 6.45) is -0.402. The summed E-state index contributed by atoms with van der Waals surface area (Å²) in [4.78, 5) is 18.2. The lowest BCUT2D eigenvalue weighted by Crippen LogP contribution is -2.42. The van der Waals surface area contributed by atoms with E-state index in [9.17, 15) is 4.79 Å². The number of nitrogens with zero attached hydrogens (tertiary/aromatic N) is 2. The first-order valence-electron chi connectivity index (χ1n) is 7.96. The SMILES string of the molecule is CCNC(=NCCN(C)CC)NCCNC(=O)OC(C)(C)C. The van der Waals surface area contributed by atoms with Crippen molar-refractivity contribution < 1.29 is 9.53 Å². The molecule has 0 aromatic heterocycles. The number of amides is 1. The van der Waals surface area contributed by atoms with Gasteiger partial charge in [0.2, 0.25) is 0 Å². The molecule has 0 aromatic carbocycles. The molecule has 22 heavy (non-hydrogen) atoms. The van der Waals surface area contributed by atoms with Gasteiger partial charge >= 0.3 is 6.09 Å². The molecule has 0 rings (SSSR count). The van der Waals surface area contributed by atoms with Crippen molar-refractivity contribution in [2.24, 2.45) is 4.99 Å². The van der Waals surface area contributed by atoms with Crippen molar-refractivity contribution >= 4 is 12.1 Å². The first-order chi connectivity index (χ1) is 10.3. The van der Waals surface area contributed by atoms with Gasteiger partial charge < -0.3 is 25.6 Å². The molecule has 0 saturated carbocycles. The second kappa shape index (κ2) is 11.1. The van der Waals surface area contributed by atoms with Crippen LogP contribution in [0.3, 0.4) is 0 Å². The van der Waals surface area contributed by atoms with E-state index in [0.29, 0.717) is 13.1 Å². The van der Waals surface area contributed by atoms with Gasteiger partial charge in [0, 0.05) is 26.2 Å². The molecule has 0 unspecified atom stereocenters. The first kappa shape index (κ1) is 20.5. The number of alkyl carbamates (subject to hydrolysis) is 1. The Morgan fingerprint density at radius 2 is 1.77 bits per heavy atom. The van der Waals surface area contributed by atoms with Gasteiger partial charge in [0.15, 0.2) is 5.96 Å². The van der Waals surface area contributed by atoms with Crippen molar-refractivity contribution in [2.45, 2.75) is 40.2 Å². The molecule has 0 radical (unpaired) electrons. The van der Waals surface area contributed by atoms with Crippen LogP contribution in [0.4, 0.5) is 4.79 Å². The molecule has 7 nitrogen and oxygen atoms in total. The zero-order valence-corrected chi connectivity index (χ0v) is 15.0. The molecule has 130 valence electrons. The minimum Gasteiger partial charge on any atom is -0.444 e. The van der Waals surface area contributed by atoms with Crippen LogP contribution in [-0.2, 0) is 4.74 Å². The molecule has 0 aliphatic heterocycles. The second-order valence-corrected chi connectivity index (χ2v) is 6.01. The van der Waals surface area contributed by atoms with Crippen LogP contribution in [0.2, 0.25) is 0 Å². The molecular formula is C15H33N5O2. The number of hydrogen-bond acceptors (Lipinski definition) is 4. The van der Waals surface area contributed by atoms with E-state index in [0.717, 1.165) is 32.1 Å². The van der Waals surface area contributed by atoms with Crippen LogP contribution in [-0.4, -0.2) is 68.9 Å².